The Hall–Kier alpha value is -3.32. The van der Waals surface area contributed by atoms with Crippen LogP contribution in [0.25, 0.3) is 10.6 Å². The highest BCUT2D eigenvalue weighted by molar-refractivity contribution is 7.12. The second-order valence-electron chi connectivity index (χ2n) is 9.54. The lowest BCUT2D eigenvalue weighted by Gasteiger charge is -2.15. The minimum absolute atomic E-state index is 0.0513. The fourth-order valence-corrected chi connectivity index (χ4v) is 4.85. The Labute approximate surface area is 219 Å². The van der Waals surface area contributed by atoms with E-state index in [0.717, 1.165) is 10.9 Å². The molecule has 4 rings (SSSR count). The van der Waals surface area contributed by atoms with Crippen LogP contribution < -0.4 is 9.54 Å². The van der Waals surface area contributed by atoms with Gasteiger partial charge >= 0.3 is 6.01 Å². The third-order valence-corrected chi connectivity index (χ3v) is 7.88. The maximum Gasteiger partial charge on any atom is 0.322 e. The molecule has 3 heterocycles. The van der Waals surface area contributed by atoms with Gasteiger partial charge in [-0.2, -0.15) is 9.98 Å². The lowest BCUT2D eigenvalue weighted by Crippen LogP contribution is -2.23. The first-order valence-electron chi connectivity index (χ1n) is 11.7. The molecule has 9 nitrogen and oxygen atoms in total. The quantitative estimate of drug-likeness (QED) is 0.221. The number of nitrogens with zero attached hydrogens (tertiary/aromatic N) is 6. The Morgan fingerprint density at radius 1 is 1.14 bits per heavy atom. The number of rotatable bonds is 10. The van der Waals surface area contributed by atoms with Crippen molar-refractivity contribution < 1.29 is 19.0 Å². The van der Waals surface area contributed by atoms with Crippen LogP contribution in [0.15, 0.2) is 53.9 Å². The summed E-state index contributed by atoms with van der Waals surface area (Å²) in [6.45, 7) is 9.52. The van der Waals surface area contributed by atoms with Crippen LogP contribution in [0.1, 0.15) is 11.4 Å². The van der Waals surface area contributed by atoms with Gasteiger partial charge in [0.2, 0.25) is 0 Å². The van der Waals surface area contributed by atoms with Crippen LogP contribution in [0.5, 0.6) is 11.8 Å². The Kier molecular flexibility index (Phi) is 8.54. The summed E-state index contributed by atoms with van der Waals surface area (Å²) in [7, 11) is -1.23. The molecule has 0 unspecified atom stereocenters. The van der Waals surface area contributed by atoms with Crippen LogP contribution in [0.4, 0.5) is 10.2 Å². The standard InChI is InChI=1S/C25H29FN6O3SSi/c1-17-11-20(30-24(29-17)35-21-8-6-5-7-19(21)26)22-14-32(16-34-9-10-37(2,3)4)25(36-22)31-23-13-27-18(15-33)12-28-23/h5-8,11-14,33H,9-10,15-16H2,1-4H3. The van der Waals surface area contributed by atoms with Gasteiger partial charge in [-0.15, -0.1) is 0 Å². The topological polar surface area (TPSA) is 108 Å². The molecule has 0 spiro atoms. The smallest absolute Gasteiger partial charge is 0.322 e. The van der Waals surface area contributed by atoms with Crippen molar-refractivity contribution in [1.29, 1.82) is 0 Å². The van der Waals surface area contributed by atoms with Crippen molar-refractivity contribution in [1.82, 2.24) is 24.5 Å². The number of aryl methyl sites for hydroxylation is 1. The predicted octanol–water partition coefficient (Wildman–Crippen LogP) is 5.07. The van der Waals surface area contributed by atoms with Crippen molar-refractivity contribution in [3.63, 3.8) is 0 Å². The second kappa shape index (κ2) is 11.8. The molecule has 0 aliphatic carbocycles. The zero-order valence-corrected chi connectivity index (χ0v) is 23.0. The van der Waals surface area contributed by atoms with Crippen molar-refractivity contribution in [2.75, 3.05) is 6.61 Å². The van der Waals surface area contributed by atoms with E-state index in [9.17, 15) is 9.50 Å². The minimum atomic E-state index is -1.23. The molecule has 37 heavy (non-hydrogen) atoms. The van der Waals surface area contributed by atoms with Gasteiger partial charge in [0.1, 0.15) is 6.73 Å². The molecular formula is C25H29FN6O3SSi. The molecule has 1 N–H and O–H groups in total. The van der Waals surface area contributed by atoms with Crippen LogP contribution in [-0.4, -0.2) is 44.3 Å². The summed E-state index contributed by atoms with van der Waals surface area (Å²) in [6, 6.07) is 9.05. The molecule has 0 saturated heterocycles. The van der Waals surface area contributed by atoms with Crippen molar-refractivity contribution in [3.8, 4) is 22.3 Å². The lowest BCUT2D eigenvalue weighted by molar-refractivity contribution is 0.0855. The van der Waals surface area contributed by atoms with Crippen LogP contribution in [0, 0.1) is 12.7 Å². The van der Waals surface area contributed by atoms with Crippen molar-refractivity contribution >= 4 is 25.2 Å². The van der Waals surface area contributed by atoms with Gasteiger partial charge in [-0.05, 0) is 31.2 Å². The molecule has 0 radical (unpaired) electrons. The summed E-state index contributed by atoms with van der Waals surface area (Å²) in [5.74, 6) is -0.0337. The monoisotopic (exact) mass is 540 g/mol. The SMILES string of the molecule is Cc1cc(-c2cn(COCC[Si](C)(C)C)c(=Nc3cnc(CO)cn3)s2)nc(Oc2ccccc2F)n1. The number of aliphatic hydroxyl groups is 1. The van der Waals surface area contributed by atoms with E-state index in [4.69, 9.17) is 9.47 Å². The molecule has 0 bridgehead atoms. The van der Waals surface area contributed by atoms with Crippen LogP contribution in [0.2, 0.25) is 25.7 Å². The molecular weight excluding hydrogens is 511 g/mol. The van der Waals surface area contributed by atoms with Gasteiger partial charge in [-0.1, -0.05) is 43.1 Å². The summed E-state index contributed by atoms with van der Waals surface area (Å²) in [6.07, 6.45) is 4.90. The first-order chi connectivity index (χ1) is 17.7. The molecule has 0 aliphatic rings. The normalized spacial score (nSPS) is 12.2. The fraction of sp³-hybridized carbons (Fsp3) is 0.320. The van der Waals surface area contributed by atoms with Gasteiger partial charge in [0.05, 0.1) is 35.3 Å². The summed E-state index contributed by atoms with van der Waals surface area (Å²) >= 11 is 1.40. The Morgan fingerprint density at radius 2 is 1.95 bits per heavy atom. The third kappa shape index (κ3) is 7.58. The molecule has 3 aromatic heterocycles. The number of ether oxygens (including phenoxy) is 2. The van der Waals surface area contributed by atoms with Crippen LogP contribution in [-0.2, 0) is 18.1 Å². The molecule has 1 aromatic carbocycles. The molecule has 0 amide bonds. The number of aliphatic hydroxyl groups excluding tert-OH is 1. The summed E-state index contributed by atoms with van der Waals surface area (Å²) < 4.78 is 27.6. The van der Waals surface area contributed by atoms with Crippen molar-refractivity contribution in [2.45, 2.75) is 45.9 Å². The van der Waals surface area contributed by atoms with Gasteiger partial charge in [-0.25, -0.2) is 14.4 Å². The van der Waals surface area contributed by atoms with E-state index in [2.05, 4.69) is 44.6 Å². The van der Waals surface area contributed by atoms with Crippen molar-refractivity contribution in [2.24, 2.45) is 4.99 Å². The van der Waals surface area contributed by atoms with Gasteiger partial charge in [0, 0.05) is 26.6 Å². The predicted molar refractivity (Wildman–Crippen MR) is 142 cm³/mol. The number of thiazole rings is 1. The van der Waals surface area contributed by atoms with Crippen LogP contribution in [0.3, 0.4) is 0 Å². The number of hydrogen-bond acceptors (Lipinski definition) is 9. The summed E-state index contributed by atoms with van der Waals surface area (Å²) in [5, 5.41) is 9.23. The van der Waals surface area contributed by atoms with E-state index >= 15 is 0 Å². The van der Waals surface area contributed by atoms with E-state index in [1.54, 1.807) is 12.1 Å². The third-order valence-electron chi connectivity index (χ3n) is 5.13. The van der Waals surface area contributed by atoms with E-state index in [-0.39, 0.29) is 18.4 Å². The average molecular weight is 541 g/mol. The second-order valence-corrected chi connectivity index (χ2v) is 16.2. The fourth-order valence-electron chi connectivity index (χ4n) is 3.14. The average Bonchev–Trinajstić information content (AvgIpc) is 3.25. The van der Waals surface area contributed by atoms with E-state index in [1.165, 1.54) is 35.9 Å². The Morgan fingerprint density at radius 3 is 2.65 bits per heavy atom. The summed E-state index contributed by atoms with van der Waals surface area (Å²) in [4.78, 5) is 23.3. The highest BCUT2D eigenvalue weighted by atomic mass is 32.1. The first-order valence-corrected chi connectivity index (χ1v) is 16.3. The molecule has 0 saturated carbocycles. The Bertz CT molecular complexity index is 1420. The van der Waals surface area contributed by atoms with Gasteiger partial charge in [0.25, 0.3) is 0 Å². The maximum atomic E-state index is 14.1. The molecule has 4 aromatic rings. The Balaban J connectivity index is 1.67. The lowest BCUT2D eigenvalue weighted by atomic mass is 10.3. The van der Waals surface area contributed by atoms with Gasteiger partial charge in [-0.3, -0.25) is 9.55 Å². The maximum absolute atomic E-state index is 14.1. The molecule has 12 heteroatoms. The number of benzene rings is 1. The highest BCUT2D eigenvalue weighted by Crippen LogP contribution is 2.26. The highest BCUT2D eigenvalue weighted by Gasteiger charge is 2.14. The van der Waals surface area contributed by atoms with Gasteiger partial charge in [0.15, 0.2) is 22.2 Å². The zero-order valence-electron chi connectivity index (χ0n) is 21.2. The zero-order chi connectivity index (χ0) is 26.4. The van der Waals surface area contributed by atoms with E-state index in [0.29, 0.717) is 41.0 Å². The first kappa shape index (κ1) is 26.7. The molecule has 194 valence electrons. The number of hydrogen-bond donors (Lipinski definition) is 1. The van der Waals surface area contributed by atoms with Gasteiger partial charge < -0.3 is 14.6 Å². The molecule has 0 fully saturated rings. The number of para-hydroxylation sites is 1. The largest absolute Gasteiger partial charge is 0.421 e. The molecule has 0 aliphatic heterocycles. The number of aromatic nitrogens is 5. The van der Waals surface area contributed by atoms with Crippen LogP contribution >= 0.6 is 11.3 Å². The van der Waals surface area contributed by atoms with E-state index < -0.39 is 13.9 Å². The molecule has 0 atom stereocenters. The number of halogens is 1. The summed E-state index contributed by atoms with van der Waals surface area (Å²) in [5.41, 5.74) is 1.75. The minimum Gasteiger partial charge on any atom is -0.421 e. The van der Waals surface area contributed by atoms with Crippen molar-refractivity contribution in [3.05, 3.63) is 70.9 Å². The van der Waals surface area contributed by atoms with E-state index in [1.807, 2.05) is 23.8 Å².